The number of aryl methyl sites for hydroxylation is 1. The summed E-state index contributed by atoms with van der Waals surface area (Å²) in [5, 5.41) is 22.8. The number of aromatic nitrogens is 4. The topological polar surface area (TPSA) is 140 Å². The lowest BCUT2D eigenvalue weighted by Crippen LogP contribution is -2.64. The van der Waals surface area contributed by atoms with E-state index in [9.17, 15) is 19.5 Å². The van der Waals surface area contributed by atoms with Crippen LogP contribution in [-0.4, -0.2) is 83.6 Å². The number of amides is 1. The summed E-state index contributed by atoms with van der Waals surface area (Å²) in [7, 11) is 1.72. The number of ketones is 1. The van der Waals surface area contributed by atoms with Crippen LogP contribution in [0.1, 0.15) is 68.6 Å². The minimum Gasteiger partial charge on any atom is -0.507 e. The zero-order chi connectivity index (χ0) is 34.3. The highest BCUT2D eigenvalue weighted by Crippen LogP contribution is 2.44. The molecule has 3 heterocycles. The van der Waals surface area contributed by atoms with Crippen molar-refractivity contribution in [2.24, 2.45) is 12.0 Å². The molecule has 14 heteroatoms. The Kier molecular flexibility index (Phi) is 10.0. The summed E-state index contributed by atoms with van der Waals surface area (Å²) in [6.45, 7) is 11.8. The van der Waals surface area contributed by atoms with Gasteiger partial charge in [0.2, 0.25) is 5.16 Å². The number of aliphatic imine (C=N–C) groups is 1. The first-order valence-corrected chi connectivity index (χ1v) is 17.8. The number of phenols is 1. The largest absolute Gasteiger partial charge is 0.507 e. The lowest BCUT2D eigenvalue weighted by molar-refractivity contribution is -0.150. The number of fused-ring (bicyclic) bond motifs is 1. The van der Waals surface area contributed by atoms with Crippen LogP contribution >= 0.6 is 39.5 Å². The molecule has 248 valence electrons. The van der Waals surface area contributed by atoms with Crippen LogP contribution in [0.3, 0.4) is 0 Å². The van der Waals surface area contributed by atoms with E-state index >= 15 is 0 Å². The Morgan fingerprint density at radius 1 is 1.13 bits per heavy atom. The van der Waals surface area contributed by atoms with Gasteiger partial charge in [0.25, 0.3) is 5.91 Å². The Morgan fingerprint density at radius 3 is 2.34 bits per heavy atom. The Bertz CT molecular complexity index is 1740. The number of tetrazole rings is 1. The van der Waals surface area contributed by atoms with Crippen molar-refractivity contribution >= 4 is 63.3 Å². The summed E-state index contributed by atoms with van der Waals surface area (Å²) >= 11 is 6.20. The molecule has 3 aromatic rings. The molecule has 2 aliphatic heterocycles. The number of hydrogen-bond donors (Lipinski definition) is 1. The molecule has 11 nitrogen and oxygen atoms in total. The van der Waals surface area contributed by atoms with E-state index in [-0.39, 0.29) is 34.0 Å². The maximum absolute atomic E-state index is 13.7. The van der Waals surface area contributed by atoms with Crippen LogP contribution in [0, 0.1) is 0 Å². The number of nitrogens with zero attached hydrogens (tertiary/aromatic N) is 6. The molecule has 2 aliphatic rings. The Morgan fingerprint density at radius 2 is 1.77 bits per heavy atom. The molecule has 1 aromatic heterocycles. The fourth-order valence-corrected chi connectivity index (χ4v) is 7.81. The van der Waals surface area contributed by atoms with Crippen molar-refractivity contribution < 1.29 is 24.2 Å². The average Bonchev–Trinajstić information content (AvgIpc) is 3.42. The molecule has 1 saturated heterocycles. The third-order valence-corrected chi connectivity index (χ3v) is 10.8. The molecular weight excluding hydrogens is 704 g/mol. The molecule has 2 aromatic carbocycles. The smallest absolute Gasteiger partial charge is 0.355 e. The number of ether oxygens (including phenoxy) is 1. The van der Waals surface area contributed by atoms with E-state index in [1.807, 2.05) is 53.7 Å². The number of carbonyl (C=O) groups excluding carboxylic acids is 3. The SMILES string of the molecule is Cn1nnnc1SCC1=C(C(=O)OCC(=O)c2ccc(Br)cc2)N2C(=O)[C@@H](N=Cc3cc(C(C)(C)C)c(O)c(C(C)(C)C)c3)[C@@H]2SC1. The zero-order valence-electron chi connectivity index (χ0n) is 27.3. The van der Waals surface area contributed by atoms with E-state index in [2.05, 4.69) is 31.5 Å². The van der Waals surface area contributed by atoms with Gasteiger partial charge in [0.05, 0.1) is 0 Å². The molecule has 0 spiro atoms. The zero-order valence-corrected chi connectivity index (χ0v) is 30.5. The minimum absolute atomic E-state index is 0.131. The first-order chi connectivity index (χ1) is 22.1. The highest BCUT2D eigenvalue weighted by atomic mass is 79.9. The highest BCUT2D eigenvalue weighted by molar-refractivity contribution is 9.10. The molecule has 0 radical (unpaired) electrons. The molecule has 1 N–H and O–H groups in total. The third-order valence-electron chi connectivity index (χ3n) is 7.80. The number of Topliss-reactive ketones (excluding diaryl/α,β-unsaturated/α-hetero) is 1. The number of β-lactam (4-membered cyclic amide) rings is 1. The van der Waals surface area contributed by atoms with E-state index in [4.69, 9.17) is 9.73 Å². The summed E-state index contributed by atoms with van der Waals surface area (Å²) in [4.78, 5) is 46.2. The number of esters is 1. The van der Waals surface area contributed by atoms with Crippen molar-refractivity contribution in [2.45, 2.75) is 68.9 Å². The molecule has 1 fully saturated rings. The van der Waals surface area contributed by atoms with Gasteiger partial charge in [-0.15, -0.1) is 16.9 Å². The van der Waals surface area contributed by atoms with Crippen molar-refractivity contribution in [1.29, 1.82) is 0 Å². The van der Waals surface area contributed by atoms with Gasteiger partial charge in [0.1, 0.15) is 16.8 Å². The van der Waals surface area contributed by atoms with Gasteiger partial charge in [-0.2, -0.15) is 0 Å². The van der Waals surface area contributed by atoms with Gasteiger partial charge in [-0.25, -0.2) is 9.48 Å². The predicted octanol–water partition coefficient (Wildman–Crippen LogP) is 5.45. The summed E-state index contributed by atoms with van der Waals surface area (Å²) in [5.74, 6) is -0.374. The second-order valence-electron chi connectivity index (χ2n) is 13.4. The fourth-order valence-electron chi connectivity index (χ4n) is 5.22. The number of thioether (sulfide) groups is 2. The third kappa shape index (κ3) is 7.49. The highest BCUT2D eigenvalue weighted by Gasteiger charge is 2.54. The van der Waals surface area contributed by atoms with Crippen molar-refractivity contribution in [3.05, 3.63) is 74.4 Å². The second-order valence-corrected chi connectivity index (χ2v) is 16.4. The van der Waals surface area contributed by atoms with Crippen molar-refractivity contribution in [2.75, 3.05) is 18.1 Å². The first-order valence-electron chi connectivity index (χ1n) is 14.9. The molecule has 2 atom stereocenters. The molecule has 5 rings (SSSR count). The van der Waals surface area contributed by atoms with Gasteiger partial charge in [-0.05, 0) is 56.7 Å². The minimum atomic E-state index is -0.744. The number of carbonyl (C=O) groups is 3. The molecule has 1 amide bonds. The molecule has 0 saturated carbocycles. The van der Waals surface area contributed by atoms with Gasteiger partial charge in [0, 0.05) is 45.9 Å². The van der Waals surface area contributed by atoms with Crippen molar-refractivity contribution in [1.82, 2.24) is 25.1 Å². The predicted molar refractivity (Wildman–Crippen MR) is 186 cm³/mol. The second kappa shape index (κ2) is 13.6. The molecule has 0 aliphatic carbocycles. The van der Waals surface area contributed by atoms with Crippen LogP contribution in [0.25, 0.3) is 0 Å². The van der Waals surface area contributed by atoms with Crippen LogP contribution in [0.5, 0.6) is 5.75 Å². The monoisotopic (exact) mass is 740 g/mol. The average molecular weight is 742 g/mol. The number of benzene rings is 2. The summed E-state index contributed by atoms with van der Waals surface area (Å²) in [6, 6.07) is 9.87. The van der Waals surface area contributed by atoms with Gasteiger partial charge >= 0.3 is 5.97 Å². The van der Waals surface area contributed by atoms with Crippen LogP contribution in [0.4, 0.5) is 0 Å². The first kappa shape index (κ1) is 34.8. The summed E-state index contributed by atoms with van der Waals surface area (Å²) in [6.07, 6.45) is 1.68. The quantitative estimate of drug-likeness (QED) is 0.0991. The van der Waals surface area contributed by atoms with Crippen LogP contribution in [0.15, 0.2) is 62.3 Å². The van der Waals surface area contributed by atoms with E-state index in [0.717, 1.165) is 21.2 Å². The maximum atomic E-state index is 13.7. The number of aromatic hydroxyl groups is 1. The fraction of sp³-hybridized carbons (Fsp3) is 0.424. The van der Waals surface area contributed by atoms with Crippen molar-refractivity contribution in [3.63, 3.8) is 0 Å². The van der Waals surface area contributed by atoms with Gasteiger partial charge in [-0.3, -0.25) is 19.5 Å². The number of halogens is 1. The summed E-state index contributed by atoms with van der Waals surface area (Å²) in [5.41, 5.74) is 2.96. The number of hydrogen-bond acceptors (Lipinski definition) is 11. The molecule has 47 heavy (non-hydrogen) atoms. The van der Waals surface area contributed by atoms with Crippen molar-refractivity contribution in [3.8, 4) is 5.75 Å². The maximum Gasteiger partial charge on any atom is 0.355 e. The van der Waals surface area contributed by atoms with Gasteiger partial charge < -0.3 is 9.84 Å². The molecule has 0 bridgehead atoms. The normalized spacial score (nSPS) is 18.4. The van der Waals surface area contributed by atoms with Gasteiger partial charge in [-0.1, -0.05) is 81.4 Å². The van der Waals surface area contributed by atoms with Crippen LogP contribution in [-0.2, 0) is 32.2 Å². The summed E-state index contributed by atoms with van der Waals surface area (Å²) < 4.78 is 7.86. The standard InChI is InChI=1S/C33H37BrN6O5S2/c1-32(2,3)22-12-18(13-23(27(22)42)33(4,5)6)14-35-25-28(43)40-26(30(44)45-15-24(41)19-8-10-21(34)11-9-19)20(16-46-29(25)40)17-47-31-36-37-38-39(31)7/h8-14,25,29,42H,15-17H2,1-7H3/t25-,29+/m1/s1. The van der Waals surface area contributed by atoms with E-state index in [1.54, 1.807) is 37.5 Å². The molecular formula is C33H37BrN6O5S2. The van der Waals surface area contributed by atoms with Crippen LogP contribution < -0.4 is 0 Å². The van der Waals surface area contributed by atoms with E-state index in [0.29, 0.717) is 27.8 Å². The lowest BCUT2D eigenvalue weighted by Gasteiger charge is -2.48. The Balaban J connectivity index is 1.40. The van der Waals surface area contributed by atoms with Crippen LogP contribution in [0.2, 0.25) is 0 Å². The Hall–Kier alpha value is -3.49. The van der Waals surface area contributed by atoms with E-state index < -0.39 is 24.0 Å². The van der Waals surface area contributed by atoms with E-state index in [1.165, 1.54) is 33.1 Å². The number of phenolic OH excluding ortho intramolecular Hbond substituents is 1. The van der Waals surface area contributed by atoms with Gasteiger partial charge in [0.15, 0.2) is 18.4 Å². The lowest BCUT2D eigenvalue weighted by atomic mass is 9.78. The number of rotatable bonds is 9. The Labute approximate surface area is 290 Å². The molecule has 0 unspecified atom stereocenters.